The summed E-state index contributed by atoms with van der Waals surface area (Å²) in [5.74, 6) is -2.24. The van der Waals surface area contributed by atoms with Gasteiger partial charge in [-0.1, -0.05) is 24.3 Å². The van der Waals surface area contributed by atoms with Gasteiger partial charge in [0.15, 0.2) is 0 Å². The van der Waals surface area contributed by atoms with Gasteiger partial charge in [-0.3, -0.25) is 4.79 Å². The zero-order valence-electron chi connectivity index (χ0n) is 14.7. The molecule has 2 aromatic rings. The molecule has 0 aliphatic heterocycles. The zero-order chi connectivity index (χ0) is 18.6. The first-order chi connectivity index (χ1) is 11.7. The molecule has 1 amide bonds. The average molecular weight is 346 g/mol. The van der Waals surface area contributed by atoms with Crippen LogP contribution >= 0.6 is 0 Å². The lowest BCUT2D eigenvalue weighted by molar-refractivity contribution is -0.144. The molecule has 25 heavy (non-hydrogen) atoms. The fraction of sp³-hybridized carbons (Fsp3) is 0.368. The van der Waals surface area contributed by atoms with Crippen molar-refractivity contribution in [3.63, 3.8) is 0 Å². The highest BCUT2D eigenvalue weighted by atomic mass is 19.1. The van der Waals surface area contributed by atoms with Crippen LogP contribution in [0.5, 0.6) is 0 Å². The minimum atomic E-state index is -1.42. The molecule has 0 radical (unpaired) electrons. The highest BCUT2D eigenvalue weighted by Crippen LogP contribution is 2.22. The second kappa shape index (κ2) is 7.61. The van der Waals surface area contributed by atoms with E-state index in [1.165, 1.54) is 13.0 Å². The Kier molecular flexibility index (Phi) is 5.74. The fourth-order valence-corrected chi connectivity index (χ4v) is 2.75. The summed E-state index contributed by atoms with van der Waals surface area (Å²) in [5.41, 5.74) is -1.28. The molecule has 2 aromatic carbocycles. The van der Waals surface area contributed by atoms with Crippen molar-refractivity contribution in [1.82, 2.24) is 10.2 Å². The summed E-state index contributed by atoms with van der Waals surface area (Å²) in [4.78, 5) is 26.3. The number of carbonyl (C=O) groups is 2. The van der Waals surface area contributed by atoms with Crippen LogP contribution in [0.15, 0.2) is 36.4 Å². The molecule has 0 saturated carbocycles. The Hall–Kier alpha value is -2.47. The molecule has 0 aromatic heterocycles. The molecule has 0 spiro atoms. The van der Waals surface area contributed by atoms with Crippen LogP contribution in [0.1, 0.15) is 30.1 Å². The standard InChI is InChI=1S/C19H23FN2O3/c1-19(18(24)25,9-6-10-22(2)3)21-17(23)16-12-14(20)11-13-7-4-5-8-15(13)16/h4-5,7-8,11-12H,6,9-10H2,1-3H3,(H,21,23)(H,24,25). The minimum absolute atomic E-state index is 0.135. The number of hydrogen-bond acceptors (Lipinski definition) is 3. The van der Waals surface area contributed by atoms with Crippen molar-refractivity contribution < 1.29 is 19.1 Å². The third-order valence-corrected chi connectivity index (χ3v) is 4.21. The number of nitrogens with one attached hydrogen (secondary N) is 1. The predicted octanol–water partition coefficient (Wildman–Crippen LogP) is 2.89. The normalized spacial score (nSPS) is 13.6. The van der Waals surface area contributed by atoms with Crippen molar-refractivity contribution in [2.24, 2.45) is 0 Å². The van der Waals surface area contributed by atoms with Gasteiger partial charge in [0.25, 0.3) is 5.91 Å². The molecule has 5 nitrogen and oxygen atoms in total. The number of amides is 1. The van der Waals surface area contributed by atoms with Gasteiger partial charge in [0.05, 0.1) is 5.56 Å². The second-order valence-electron chi connectivity index (χ2n) is 6.67. The van der Waals surface area contributed by atoms with Crippen LogP contribution in [0, 0.1) is 5.82 Å². The fourth-order valence-electron chi connectivity index (χ4n) is 2.75. The lowest BCUT2D eigenvalue weighted by atomic mass is 9.94. The smallest absolute Gasteiger partial charge is 0.329 e. The quantitative estimate of drug-likeness (QED) is 0.809. The summed E-state index contributed by atoms with van der Waals surface area (Å²) in [6.07, 6.45) is 0.888. The maximum Gasteiger partial charge on any atom is 0.329 e. The number of rotatable bonds is 7. The van der Waals surface area contributed by atoms with Gasteiger partial charge < -0.3 is 15.3 Å². The van der Waals surface area contributed by atoms with Crippen LogP contribution in [0.25, 0.3) is 10.8 Å². The van der Waals surface area contributed by atoms with Gasteiger partial charge in [-0.2, -0.15) is 0 Å². The summed E-state index contributed by atoms with van der Waals surface area (Å²) in [6.45, 7) is 2.19. The molecule has 0 aliphatic rings. The molecule has 0 bridgehead atoms. The van der Waals surface area contributed by atoms with E-state index in [-0.39, 0.29) is 12.0 Å². The van der Waals surface area contributed by atoms with Crippen LogP contribution in [0.4, 0.5) is 4.39 Å². The van der Waals surface area contributed by atoms with E-state index < -0.39 is 23.2 Å². The monoisotopic (exact) mass is 346 g/mol. The number of aliphatic carboxylic acids is 1. The van der Waals surface area contributed by atoms with Crippen molar-refractivity contribution in [1.29, 1.82) is 0 Å². The maximum absolute atomic E-state index is 13.8. The number of hydrogen-bond donors (Lipinski definition) is 2. The van der Waals surface area contributed by atoms with E-state index in [9.17, 15) is 19.1 Å². The Bertz CT molecular complexity index is 791. The lowest BCUT2D eigenvalue weighted by Crippen LogP contribution is -2.52. The number of fused-ring (bicyclic) bond motifs is 1. The third kappa shape index (κ3) is 4.54. The van der Waals surface area contributed by atoms with Crippen molar-refractivity contribution in [2.45, 2.75) is 25.3 Å². The molecule has 2 rings (SSSR count). The van der Waals surface area contributed by atoms with Crippen molar-refractivity contribution in [3.8, 4) is 0 Å². The van der Waals surface area contributed by atoms with E-state index in [0.29, 0.717) is 23.7 Å². The van der Waals surface area contributed by atoms with Crippen LogP contribution in [0.2, 0.25) is 0 Å². The molecular weight excluding hydrogens is 323 g/mol. The Balaban J connectivity index is 2.28. The molecule has 0 heterocycles. The molecule has 1 atom stereocenters. The molecule has 1 unspecified atom stereocenters. The van der Waals surface area contributed by atoms with Gasteiger partial charge in [-0.15, -0.1) is 0 Å². The molecule has 0 fully saturated rings. The van der Waals surface area contributed by atoms with Gasteiger partial charge in [0.2, 0.25) is 0 Å². The predicted molar refractivity (Wildman–Crippen MR) is 95.2 cm³/mol. The third-order valence-electron chi connectivity index (χ3n) is 4.21. The highest BCUT2D eigenvalue weighted by Gasteiger charge is 2.35. The molecule has 2 N–H and O–H groups in total. The van der Waals surface area contributed by atoms with Crippen LogP contribution in [-0.2, 0) is 4.79 Å². The number of carboxylic acids is 1. The Morgan fingerprint density at radius 3 is 2.56 bits per heavy atom. The highest BCUT2D eigenvalue weighted by molar-refractivity contribution is 6.08. The molecular formula is C19H23FN2O3. The van der Waals surface area contributed by atoms with Crippen LogP contribution in [-0.4, -0.2) is 48.1 Å². The van der Waals surface area contributed by atoms with E-state index in [4.69, 9.17) is 0 Å². The first-order valence-corrected chi connectivity index (χ1v) is 8.12. The van der Waals surface area contributed by atoms with E-state index >= 15 is 0 Å². The van der Waals surface area contributed by atoms with E-state index in [1.54, 1.807) is 24.3 Å². The summed E-state index contributed by atoms with van der Waals surface area (Å²) in [5, 5.41) is 13.3. The number of halogens is 1. The van der Waals surface area contributed by atoms with Crippen LogP contribution < -0.4 is 5.32 Å². The lowest BCUT2D eigenvalue weighted by Gasteiger charge is -2.27. The Morgan fingerprint density at radius 1 is 1.24 bits per heavy atom. The van der Waals surface area contributed by atoms with Crippen molar-refractivity contribution in [3.05, 3.63) is 47.8 Å². The first-order valence-electron chi connectivity index (χ1n) is 8.12. The van der Waals surface area contributed by atoms with Gasteiger partial charge in [-0.05, 0) is 63.3 Å². The average Bonchev–Trinajstić information content (AvgIpc) is 2.53. The van der Waals surface area contributed by atoms with Gasteiger partial charge in [0, 0.05) is 0 Å². The Labute approximate surface area is 146 Å². The number of carbonyl (C=O) groups excluding carboxylic acids is 1. The maximum atomic E-state index is 13.8. The topological polar surface area (TPSA) is 69.6 Å². The van der Waals surface area contributed by atoms with E-state index in [1.807, 2.05) is 19.0 Å². The van der Waals surface area contributed by atoms with E-state index in [2.05, 4.69) is 5.32 Å². The SMILES string of the molecule is CN(C)CCCC(C)(NC(=O)c1cc(F)cc2ccccc12)C(=O)O. The second-order valence-corrected chi connectivity index (χ2v) is 6.67. The Morgan fingerprint density at radius 2 is 1.92 bits per heavy atom. The zero-order valence-corrected chi connectivity index (χ0v) is 14.7. The molecule has 0 saturated heterocycles. The summed E-state index contributed by atoms with van der Waals surface area (Å²) in [7, 11) is 3.80. The molecule has 134 valence electrons. The van der Waals surface area contributed by atoms with Gasteiger partial charge >= 0.3 is 5.97 Å². The summed E-state index contributed by atoms with van der Waals surface area (Å²) < 4.78 is 13.8. The van der Waals surface area contributed by atoms with Crippen LogP contribution in [0.3, 0.4) is 0 Å². The molecule has 6 heteroatoms. The number of carboxylic acid groups (broad SMARTS) is 1. The number of nitrogens with zero attached hydrogens (tertiary/aromatic N) is 1. The largest absolute Gasteiger partial charge is 0.480 e. The molecule has 0 aliphatic carbocycles. The van der Waals surface area contributed by atoms with E-state index in [0.717, 1.165) is 6.07 Å². The minimum Gasteiger partial charge on any atom is -0.480 e. The number of benzene rings is 2. The van der Waals surface area contributed by atoms with Crippen molar-refractivity contribution >= 4 is 22.6 Å². The van der Waals surface area contributed by atoms with Gasteiger partial charge in [0.1, 0.15) is 11.4 Å². The summed E-state index contributed by atoms with van der Waals surface area (Å²) >= 11 is 0. The van der Waals surface area contributed by atoms with Crippen molar-refractivity contribution in [2.75, 3.05) is 20.6 Å². The first kappa shape index (κ1) is 18.9. The summed E-state index contributed by atoms with van der Waals surface area (Å²) in [6, 6.07) is 9.42. The van der Waals surface area contributed by atoms with Gasteiger partial charge in [-0.25, -0.2) is 9.18 Å².